The van der Waals surface area contributed by atoms with Crippen LogP contribution in [0.15, 0.2) is 18.3 Å². The first-order valence-corrected chi connectivity index (χ1v) is 6.52. The molecule has 0 aromatic carbocycles. The zero-order valence-corrected chi connectivity index (χ0v) is 11.3. The first-order chi connectivity index (χ1) is 8.50. The van der Waals surface area contributed by atoms with Crippen LogP contribution in [-0.4, -0.2) is 11.1 Å². The maximum Gasteiger partial charge on any atom is 0.182 e. The van der Waals surface area contributed by atoms with Gasteiger partial charge in [0.25, 0.3) is 0 Å². The van der Waals surface area contributed by atoms with Crippen molar-refractivity contribution in [3.63, 3.8) is 0 Å². The van der Waals surface area contributed by atoms with Gasteiger partial charge in [-0.1, -0.05) is 20.8 Å². The summed E-state index contributed by atoms with van der Waals surface area (Å²) in [5, 5.41) is 9.01. The van der Waals surface area contributed by atoms with Gasteiger partial charge in [-0.25, -0.2) is 4.98 Å². The van der Waals surface area contributed by atoms with Crippen molar-refractivity contribution >= 4 is 0 Å². The molecule has 0 aliphatic heterocycles. The molecule has 1 saturated carbocycles. The van der Waals surface area contributed by atoms with Gasteiger partial charge >= 0.3 is 0 Å². The average Bonchev–Trinajstić information content (AvgIpc) is 2.27. The van der Waals surface area contributed by atoms with Crippen molar-refractivity contribution in [3.05, 3.63) is 24.0 Å². The molecular formula is C15H20N2O. The molecule has 1 aliphatic carbocycles. The molecule has 1 aromatic heterocycles. The van der Waals surface area contributed by atoms with E-state index in [2.05, 4.69) is 31.8 Å². The van der Waals surface area contributed by atoms with Gasteiger partial charge in [-0.05, 0) is 42.7 Å². The van der Waals surface area contributed by atoms with Crippen LogP contribution in [0.25, 0.3) is 0 Å². The van der Waals surface area contributed by atoms with Crippen molar-refractivity contribution in [3.8, 4) is 11.8 Å². The second-order valence-electron chi connectivity index (χ2n) is 6.12. The second kappa shape index (κ2) is 4.97. The van der Waals surface area contributed by atoms with E-state index in [-0.39, 0.29) is 6.10 Å². The maximum absolute atomic E-state index is 9.01. The van der Waals surface area contributed by atoms with Crippen molar-refractivity contribution in [1.82, 2.24) is 4.98 Å². The van der Waals surface area contributed by atoms with Crippen LogP contribution < -0.4 is 4.74 Å². The summed E-state index contributed by atoms with van der Waals surface area (Å²) in [7, 11) is 0. The lowest BCUT2D eigenvalue weighted by Gasteiger charge is -2.38. The SMILES string of the molecule is CC1CC(Oc2cccnc2C#N)CC(C)(C)C1. The number of hydrogen-bond acceptors (Lipinski definition) is 3. The normalized spacial score (nSPS) is 26.3. The highest BCUT2D eigenvalue weighted by Gasteiger charge is 2.33. The summed E-state index contributed by atoms with van der Waals surface area (Å²) < 4.78 is 6.00. The van der Waals surface area contributed by atoms with Gasteiger partial charge in [0.05, 0.1) is 6.10 Å². The third kappa shape index (κ3) is 3.01. The highest BCUT2D eigenvalue weighted by molar-refractivity contribution is 5.36. The van der Waals surface area contributed by atoms with Gasteiger partial charge in [0.1, 0.15) is 6.07 Å². The minimum atomic E-state index is 0.194. The second-order valence-corrected chi connectivity index (χ2v) is 6.12. The molecule has 1 aliphatic rings. The molecule has 18 heavy (non-hydrogen) atoms. The number of aromatic nitrogens is 1. The van der Waals surface area contributed by atoms with E-state index in [9.17, 15) is 0 Å². The predicted molar refractivity (Wildman–Crippen MR) is 70.2 cm³/mol. The minimum Gasteiger partial charge on any atom is -0.487 e. The Kier molecular flexibility index (Phi) is 3.56. The number of hydrogen-bond donors (Lipinski definition) is 0. The van der Waals surface area contributed by atoms with Crippen LogP contribution in [0, 0.1) is 22.7 Å². The molecule has 3 nitrogen and oxygen atoms in total. The Morgan fingerprint density at radius 2 is 2.22 bits per heavy atom. The van der Waals surface area contributed by atoms with E-state index < -0.39 is 0 Å². The van der Waals surface area contributed by atoms with Crippen molar-refractivity contribution < 1.29 is 4.74 Å². The van der Waals surface area contributed by atoms with E-state index in [1.54, 1.807) is 6.20 Å². The van der Waals surface area contributed by atoms with Gasteiger partial charge in [-0.15, -0.1) is 0 Å². The Morgan fingerprint density at radius 1 is 1.44 bits per heavy atom. The summed E-state index contributed by atoms with van der Waals surface area (Å²) in [6.45, 7) is 6.84. The summed E-state index contributed by atoms with van der Waals surface area (Å²) in [6.07, 6.45) is 5.16. The van der Waals surface area contributed by atoms with Crippen LogP contribution in [-0.2, 0) is 0 Å². The fraction of sp³-hybridized carbons (Fsp3) is 0.600. The number of pyridine rings is 1. The molecule has 0 bridgehead atoms. The monoisotopic (exact) mass is 244 g/mol. The Bertz CT molecular complexity index is 462. The summed E-state index contributed by atoms with van der Waals surface area (Å²) in [5.74, 6) is 1.29. The lowest BCUT2D eigenvalue weighted by Crippen LogP contribution is -2.34. The number of ether oxygens (including phenoxy) is 1. The molecule has 0 spiro atoms. The molecule has 0 radical (unpaired) electrons. The van der Waals surface area contributed by atoms with E-state index in [0.29, 0.717) is 22.8 Å². The lowest BCUT2D eigenvalue weighted by molar-refractivity contribution is 0.0558. The van der Waals surface area contributed by atoms with Crippen LogP contribution in [0.2, 0.25) is 0 Å². The zero-order valence-electron chi connectivity index (χ0n) is 11.3. The van der Waals surface area contributed by atoms with Gasteiger partial charge in [-0.3, -0.25) is 0 Å². The van der Waals surface area contributed by atoms with Crippen molar-refractivity contribution in [1.29, 1.82) is 5.26 Å². The Labute approximate surface area is 109 Å². The molecule has 1 heterocycles. The fourth-order valence-electron chi connectivity index (χ4n) is 3.10. The lowest BCUT2D eigenvalue weighted by atomic mass is 9.71. The quantitative estimate of drug-likeness (QED) is 0.799. The first-order valence-electron chi connectivity index (χ1n) is 6.52. The molecule has 96 valence electrons. The molecule has 0 N–H and O–H groups in total. The van der Waals surface area contributed by atoms with Crippen molar-refractivity contribution in [2.75, 3.05) is 0 Å². The smallest absolute Gasteiger partial charge is 0.182 e. The average molecular weight is 244 g/mol. The summed E-state index contributed by atoms with van der Waals surface area (Å²) in [6, 6.07) is 5.73. The van der Waals surface area contributed by atoms with Crippen LogP contribution in [0.1, 0.15) is 45.7 Å². The van der Waals surface area contributed by atoms with E-state index in [0.717, 1.165) is 12.8 Å². The molecule has 0 saturated heterocycles. The summed E-state index contributed by atoms with van der Waals surface area (Å²) in [5.41, 5.74) is 0.700. The van der Waals surface area contributed by atoms with Gasteiger partial charge < -0.3 is 4.74 Å². The van der Waals surface area contributed by atoms with Crippen LogP contribution in [0.4, 0.5) is 0 Å². The van der Waals surface area contributed by atoms with Crippen LogP contribution in [0.5, 0.6) is 5.75 Å². The Balaban J connectivity index is 2.12. The largest absolute Gasteiger partial charge is 0.487 e. The van der Waals surface area contributed by atoms with Crippen molar-refractivity contribution in [2.24, 2.45) is 11.3 Å². The zero-order chi connectivity index (χ0) is 13.2. The first kappa shape index (κ1) is 12.9. The van der Waals surface area contributed by atoms with Crippen molar-refractivity contribution in [2.45, 2.75) is 46.1 Å². The third-order valence-corrected chi connectivity index (χ3v) is 3.52. The molecule has 0 amide bonds. The molecule has 2 atom stereocenters. The van der Waals surface area contributed by atoms with Gasteiger partial charge in [0.15, 0.2) is 11.4 Å². The van der Waals surface area contributed by atoms with E-state index in [1.807, 2.05) is 12.1 Å². The molecular weight excluding hydrogens is 224 g/mol. The van der Waals surface area contributed by atoms with Gasteiger partial charge in [0, 0.05) is 6.20 Å². The molecule has 1 fully saturated rings. The van der Waals surface area contributed by atoms with Crippen LogP contribution in [0.3, 0.4) is 0 Å². The van der Waals surface area contributed by atoms with Gasteiger partial charge in [-0.2, -0.15) is 5.26 Å². The van der Waals surface area contributed by atoms with E-state index >= 15 is 0 Å². The maximum atomic E-state index is 9.01. The molecule has 3 heteroatoms. The topological polar surface area (TPSA) is 45.9 Å². The highest BCUT2D eigenvalue weighted by Crippen LogP contribution is 2.40. The highest BCUT2D eigenvalue weighted by atomic mass is 16.5. The van der Waals surface area contributed by atoms with E-state index in [4.69, 9.17) is 10.00 Å². The Morgan fingerprint density at radius 3 is 2.89 bits per heavy atom. The summed E-state index contributed by atoms with van der Waals surface area (Å²) in [4.78, 5) is 4.03. The van der Waals surface area contributed by atoms with E-state index in [1.165, 1.54) is 6.42 Å². The number of nitrogens with zero attached hydrogens (tertiary/aromatic N) is 2. The molecule has 2 unspecified atom stereocenters. The number of nitriles is 1. The van der Waals surface area contributed by atoms with Gasteiger partial charge in [0.2, 0.25) is 0 Å². The van der Waals surface area contributed by atoms with Crippen LogP contribution >= 0.6 is 0 Å². The Hall–Kier alpha value is -1.56. The standard InChI is InChI=1S/C15H20N2O/c1-11-7-12(9-15(2,3)8-11)18-14-5-4-6-17-13(14)10-16/h4-6,11-12H,7-9H2,1-3H3. The molecule has 1 aromatic rings. The predicted octanol–water partition coefficient (Wildman–Crippen LogP) is 3.55. The summed E-state index contributed by atoms with van der Waals surface area (Å²) >= 11 is 0. The molecule has 2 rings (SSSR count). The third-order valence-electron chi connectivity index (χ3n) is 3.52. The fourth-order valence-corrected chi connectivity index (χ4v) is 3.10. The number of rotatable bonds is 2. The minimum absolute atomic E-state index is 0.194.